The Morgan fingerprint density at radius 2 is 1.53 bits per heavy atom. The lowest BCUT2D eigenvalue weighted by Crippen LogP contribution is -2.61. The molecule has 17 nitrogen and oxygen atoms in total. The molecule has 0 saturated heterocycles. The van der Waals surface area contributed by atoms with E-state index in [1.54, 1.807) is 25.5 Å². The van der Waals surface area contributed by atoms with Crippen LogP contribution >= 0.6 is 11.6 Å². The predicted molar refractivity (Wildman–Crippen MR) is 214 cm³/mol. The van der Waals surface area contributed by atoms with E-state index in [1.165, 1.54) is 30.7 Å². The van der Waals surface area contributed by atoms with Crippen molar-refractivity contribution in [3.05, 3.63) is 53.6 Å². The quantitative estimate of drug-likeness (QED) is 0.136. The number of hydrogen-bond donors (Lipinski definition) is 5. The molecule has 1 aromatic carbocycles. The first-order valence-electron chi connectivity index (χ1n) is 19.5. The van der Waals surface area contributed by atoms with Gasteiger partial charge in [-0.15, -0.1) is 0 Å². The summed E-state index contributed by atoms with van der Waals surface area (Å²) in [7, 11) is -4.67. The number of carbonyl (C=O) groups excluding carboxylic acids is 7. The maximum atomic E-state index is 14.5. The number of imide groups is 3. The van der Waals surface area contributed by atoms with Crippen molar-refractivity contribution in [1.82, 2.24) is 35.5 Å². The van der Waals surface area contributed by atoms with Gasteiger partial charge in [0.2, 0.25) is 17.7 Å². The molecule has 6 N–H and O–H groups in total. The summed E-state index contributed by atoms with van der Waals surface area (Å²) in [5.74, 6) is -8.89. The van der Waals surface area contributed by atoms with Gasteiger partial charge in [0, 0.05) is 29.9 Å². The van der Waals surface area contributed by atoms with Crippen LogP contribution in [-0.2, 0) is 38.8 Å². The minimum Gasteiger partial charge on any atom is -0.342 e. The third-order valence-electron chi connectivity index (χ3n) is 10.0. The average molecular weight is 847 g/mol. The number of nitrogens with one attached hydrogen (secondary N) is 4. The SMILES string of the molecule is CCC(N)CC(=O)N(C(=O)C(=O)NS(=O)(=O)c1ccc(Cl)cc1)C(=O)[C@H](CC1CCCCC1)NC(=O)[C@@H](NC(=O)[C@H](CC(C)C)NC(=O)c1cnccn1)[C@@H](C)CC. The minimum absolute atomic E-state index is 0.0193. The van der Waals surface area contributed by atoms with E-state index in [0.29, 0.717) is 19.3 Å². The lowest BCUT2D eigenvalue weighted by atomic mass is 9.84. The Balaban J connectivity index is 1.98. The average Bonchev–Trinajstić information content (AvgIpc) is 3.19. The fourth-order valence-electron chi connectivity index (χ4n) is 6.44. The number of benzene rings is 1. The number of carbonyl (C=O) groups is 7. The molecule has 3 rings (SSSR count). The molecular weight excluding hydrogens is 792 g/mol. The topological polar surface area (TPSA) is 257 Å². The van der Waals surface area contributed by atoms with Crippen LogP contribution in [0.4, 0.5) is 0 Å². The van der Waals surface area contributed by atoms with Crippen molar-refractivity contribution in [2.45, 2.75) is 128 Å². The van der Waals surface area contributed by atoms with Crippen LogP contribution < -0.4 is 26.4 Å². The molecule has 19 heteroatoms. The highest BCUT2D eigenvalue weighted by atomic mass is 35.5. The highest BCUT2D eigenvalue weighted by Crippen LogP contribution is 2.28. The molecule has 0 bridgehead atoms. The van der Waals surface area contributed by atoms with E-state index in [2.05, 4.69) is 25.9 Å². The van der Waals surface area contributed by atoms with Crippen LogP contribution in [0.5, 0.6) is 0 Å². The normalized spacial score (nSPS) is 15.9. The second-order valence-corrected chi connectivity index (χ2v) is 17.2. The van der Waals surface area contributed by atoms with Gasteiger partial charge in [0.15, 0.2) is 0 Å². The number of aromatic nitrogens is 2. The Morgan fingerprint density at radius 1 is 0.879 bits per heavy atom. The van der Waals surface area contributed by atoms with Crippen molar-refractivity contribution in [3.63, 3.8) is 0 Å². The molecule has 0 aliphatic heterocycles. The van der Waals surface area contributed by atoms with E-state index in [9.17, 15) is 42.0 Å². The van der Waals surface area contributed by atoms with Crippen LogP contribution in [0.15, 0.2) is 47.8 Å². The fourth-order valence-corrected chi connectivity index (χ4v) is 7.51. The standard InChI is InChI=1S/C39H55ClN8O9S/c1-6-24(5)33(46-34(50)29(19-23(3)4)44-35(51)31-22-42-17-18-43-31)36(52)45-30(20-25-11-9-8-10-12-25)38(54)48(32(49)21-27(41)7-2)39(55)37(53)47-58(56,57)28-15-13-26(40)14-16-28/h13-18,22-25,27,29-30,33H,6-12,19-21,41H2,1-5H3,(H,44,51)(H,45,52)(H,46,50)(H,47,53)/t24-,27?,29-,30-,33-/m0/s1. The molecule has 1 heterocycles. The summed E-state index contributed by atoms with van der Waals surface area (Å²) in [4.78, 5) is 104. The predicted octanol–water partition coefficient (Wildman–Crippen LogP) is 2.77. The third-order valence-corrected chi connectivity index (χ3v) is 11.6. The van der Waals surface area contributed by atoms with Crippen molar-refractivity contribution in [1.29, 1.82) is 0 Å². The van der Waals surface area contributed by atoms with Gasteiger partial charge >= 0.3 is 11.8 Å². The Morgan fingerprint density at radius 3 is 2.10 bits per heavy atom. The van der Waals surface area contributed by atoms with Gasteiger partial charge in [-0.3, -0.25) is 38.5 Å². The highest BCUT2D eigenvalue weighted by Gasteiger charge is 2.41. The number of nitrogens with two attached hydrogens (primary N) is 1. The van der Waals surface area contributed by atoms with E-state index in [4.69, 9.17) is 17.3 Å². The van der Waals surface area contributed by atoms with Gasteiger partial charge in [-0.25, -0.2) is 23.0 Å². The molecule has 5 atom stereocenters. The number of rotatable bonds is 18. The molecule has 0 spiro atoms. The monoisotopic (exact) mass is 846 g/mol. The summed E-state index contributed by atoms with van der Waals surface area (Å²) in [6, 6.07) is -0.0574. The molecule has 2 aromatic rings. The van der Waals surface area contributed by atoms with Crippen LogP contribution in [-0.4, -0.2) is 88.8 Å². The molecule has 318 valence electrons. The lowest BCUT2D eigenvalue weighted by Gasteiger charge is -2.32. The zero-order valence-electron chi connectivity index (χ0n) is 33.5. The highest BCUT2D eigenvalue weighted by molar-refractivity contribution is 7.90. The fraction of sp³-hybridized carbons (Fsp3) is 0.564. The van der Waals surface area contributed by atoms with E-state index < -0.39 is 92.8 Å². The van der Waals surface area contributed by atoms with Crippen molar-refractivity contribution in [3.8, 4) is 0 Å². The van der Waals surface area contributed by atoms with Crippen LogP contribution in [0.25, 0.3) is 0 Å². The van der Waals surface area contributed by atoms with Gasteiger partial charge in [0.1, 0.15) is 23.8 Å². The first-order valence-corrected chi connectivity index (χ1v) is 21.4. The number of amides is 7. The molecular formula is C39H55ClN8O9S. The second kappa shape index (κ2) is 22.4. The van der Waals surface area contributed by atoms with E-state index in [1.807, 2.05) is 13.8 Å². The zero-order valence-corrected chi connectivity index (χ0v) is 35.1. The molecule has 1 fully saturated rings. The van der Waals surface area contributed by atoms with Crippen LogP contribution in [0, 0.1) is 17.8 Å². The first kappa shape index (κ1) is 47.6. The van der Waals surface area contributed by atoms with E-state index in [-0.39, 0.29) is 46.7 Å². The number of sulfonamides is 1. The Bertz CT molecular complexity index is 1880. The summed E-state index contributed by atoms with van der Waals surface area (Å²) in [5, 5.41) is 8.26. The van der Waals surface area contributed by atoms with Gasteiger partial charge in [0.05, 0.1) is 11.1 Å². The number of hydrogen-bond acceptors (Lipinski definition) is 12. The minimum atomic E-state index is -4.67. The molecule has 7 amide bonds. The van der Waals surface area contributed by atoms with Gasteiger partial charge in [0.25, 0.3) is 21.8 Å². The Hall–Kier alpha value is -4.81. The molecule has 58 heavy (non-hydrogen) atoms. The largest absolute Gasteiger partial charge is 0.342 e. The maximum Gasteiger partial charge on any atom is 0.326 e. The number of halogens is 1. The first-order chi connectivity index (χ1) is 27.4. The van der Waals surface area contributed by atoms with Gasteiger partial charge in [-0.2, -0.15) is 0 Å². The molecule has 1 unspecified atom stereocenters. The summed E-state index contributed by atoms with van der Waals surface area (Å²) in [5.41, 5.74) is 6.00. The zero-order chi connectivity index (χ0) is 43.2. The van der Waals surface area contributed by atoms with Crippen molar-refractivity contribution < 1.29 is 42.0 Å². The van der Waals surface area contributed by atoms with Crippen molar-refractivity contribution in [2.75, 3.05) is 0 Å². The Labute approximate surface area is 344 Å². The molecule has 1 aliphatic rings. The van der Waals surface area contributed by atoms with Crippen molar-refractivity contribution in [2.24, 2.45) is 23.5 Å². The molecule has 0 radical (unpaired) electrons. The van der Waals surface area contributed by atoms with Gasteiger partial charge < -0.3 is 21.7 Å². The second-order valence-electron chi connectivity index (χ2n) is 15.1. The third kappa shape index (κ3) is 13.9. The van der Waals surface area contributed by atoms with Crippen molar-refractivity contribution >= 4 is 63.0 Å². The van der Waals surface area contributed by atoms with Crippen LogP contribution in [0.3, 0.4) is 0 Å². The number of nitrogens with zero attached hydrogens (tertiary/aromatic N) is 3. The maximum absolute atomic E-state index is 14.5. The molecule has 1 saturated carbocycles. The smallest absolute Gasteiger partial charge is 0.326 e. The summed E-state index contributed by atoms with van der Waals surface area (Å²) < 4.78 is 27.7. The molecule has 1 aromatic heterocycles. The lowest BCUT2D eigenvalue weighted by molar-refractivity contribution is -0.160. The van der Waals surface area contributed by atoms with Crippen LogP contribution in [0.1, 0.15) is 109 Å². The van der Waals surface area contributed by atoms with Crippen LogP contribution in [0.2, 0.25) is 5.02 Å². The van der Waals surface area contributed by atoms with E-state index >= 15 is 0 Å². The van der Waals surface area contributed by atoms with Gasteiger partial charge in [-0.05, 0) is 61.3 Å². The Kier molecular flexibility index (Phi) is 18.3. The summed E-state index contributed by atoms with van der Waals surface area (Å²) in [6.45, 7) is 8.86. The van der Waals surface area contributed by atoms with Gasteiger partial charge in [-0.1, -0.05) is 84.7 Å². The summed E-state index contributed by atoms with van der Waals surface area (Å²) in [6.07, 6.45) is 8.20. The van der Waals surface area contributed by atoms with E-state index in [0.717, 1.165) is 31.4 Å². The summed E-state index contributed by atoms with van der Waals surface area (Å²) >= 11 is 5.86. The molecule has 1 aliphatic carbocycles.